The third-order valence-corrected chi connectivity index (χ3v) is 4.53. The van der Waals surface area contributed by atoms with Crippen molar-refractivity contribution < 1.29 is 9.72 Å². The van der Waals surface area contributed by atoms with Gasteiger partial charge in [0.05, 0.1) is 16.2 Å². The van der Waals surface area contributed by atoms with Gasteiger partial charge in [-0.2, -0.15) is 0 Å². The van der Waals surface area contributed by atoms with E-state index in [9.17, 15) is 14.9 Å². The highest BCUT2D eigenvalue weighted by Gasteiger charge is 2.21. The largest absolute Gasteiger partial charge is 0.365 e. The van der Waals surface area contributed by atoms with Gasteiger partial charge in [0.25, 0.3) is 11.6 Å². The number of nitro benzene ring substituents is 1. The van der Waals surface area contributed by atoms with Gasteiger partial charge in [0, 0.05) is 12.8 Å². The lowest BCUT2D eigenvalue weighted by Gasteiger charge is -2.23. The lowest BCUT2D eigenvalue weighted by Crippen LogP contribution is -2.28. The van der Waals surface area contributed by atoms with Crippen LogP contribution in [0.2, 0.25) is 0 Å². The molecule has 7 nitrogen and oxygen atoms in total. The van der Waals surface area contributed by atoms with Crippen molar-refractivity contribution >= 4 is 23.5 Å². The molecule has 1 aliphatic rings. The van der Waals surface area contributed by atoms with Gasteiger partial charge in [0.2, 0.25) is 0 Å². The second-order valence-corrected chi connectivity index (χ2v) is 6.26. The number of primary amides is 1. The number of aliphatic imine (C=N–C) groups is 1. The fourth-order valence-corrected chi connectivity index (χ4v) is 3.18. The number of hydrogen-bond acceptors (Lipinski definition) is 5. The number of piperidine rings is 1. The summed E-state index contributed by atoms with van der Waals surface area (Å²) in [6, 6.07) is 12.3. The highest BCUT2D eigenvalue weighted by atomic mass is 16.6. The van der Waals surface area contributed by atoms with Crippen LogP contribution < -0.4 is 11.1 Å². The van der Waals surface area contributed by atoms with Gasteiger partial charge in [-0.3, -0.25) is 19.9 Å². The number of carbonyl (C=O) groups excluding carboxylic acids is 1. The standard InChI is InChI=1S/C19H20N4O3/c20-19(24)17-5-1-3-15(18(17)23(25)26)12-22-16-8-6-13(7-9-16)14-4-2-10-21-11-14/h1,3,5-9,12,14,21H,2,4,10-11H2,(H2,20,24)/t14-/m1/s1. The van der Waals surface area contributed by atoms with E-state index in [4.69, 9.17) is 5.73 Å². The Bertz CT molecular complexity index is 840. The molecule has 3 N–H and O–H groups in total. The van der Waals surface area contributed by atoms with Crippen LogP contribution in [0.4, 0.5) is 11.4 Å². The fraction of sp³-hybridized carbons (Fsp3) is 0.263. The highest BCUT2D eigenvalue weighted by Crippen LogP contribution is 2.26. The van der Waals surface area contributed by atoms with Crippen molar-refractivity contribution in [1.29, 1.82) is 0 Å². The molecular weight excluding hydrogens is 332 g/mol. The molecule has 134 valence electrons. The number of para-hydroxylation sites is 1. The number of carbonyl (C=O) groups is 1. The molecule has 2 aromatic rings. The maximum absolute atomic E-state index is 11.4. The summed E-state index contributed by atoms with van der Waals surface area (Å²) in [6.45, 7) is 2.05. The number of hydrogen-bond donors (Lipinski definition) is 2. The smallest absolute Gasteiger partial charge is 0.290 e. The van der Waals surface area contributed by atoms with Gasteiger partial charge in [0.15, 0.2) is 0 Å². The highest BCUT2D eigenvalue weighted by molar-refractivity contribution is 6.01. The molecule has 1 atom stereocenters. The quantitative estimate of drug-likeness (QED) is 0.489. The summed E-state index contributed by atoms with van der Waals surface area (Å²) in [5, 5.41) is 14.7. The monoisotopic (exact) mass is 352 g/mol. The summed E-state index contributed by atoms with van der Waals surface area (Å²) < 4.78 is 0. The van der Waals surface area contributed by atoms with Crippen molar-refractivity contribution in [3.05, 3.63) is 69.3 Å². The zero-order valence-electron chi connectivity index (χ0n) is 14.2. The van der Waals surface area contributed by atoms with E-state index < -0.39 is 10.8 Å². The molecule has 2 aromatic carbocycles. The van der Waals surface area contributed by atoms with E-state index in [1.807, 2.05) is 24.3 Å². The van der Waals surface area contributed by atoms with Crippen molar-refractivity contribution in [2.24, 2.45) is 10.7 Å². The molecule has 1 saturated heterocycles. The number of nitrogens with two attached hydrogens (primary N) is 1. The molecule has 7 heteroatoms. The summed E-state index contributed by atoms with van der Waals surface area (Å²) >= 11 is 0. The maximum Gasteiger partial charge on any atom is 0.290 e. The van der Waals surface area contributed by atoms with Crippen molar-refractivity contribution in [3.63, 3.8) is 0 Å². The van der Waals surface area contributed by atoms with Gasteiger partial charge in [-0.1, -0.05) is 18.2 Å². The van der Waals surface area contributed by atoms with Crippen molar-refractivity contribution in [1.82, 2.24) is 5.32 Å². The summed E-state index contributed by atoms with van der Waals surface area (Å²) in [5.74, 6) is -0.326. The van der Waals surface area contributed by atoms with Crippen molar-refractivity contribution in [2.45, 2.75) is 18.8 Å². The average molecular weight is 352 g/mol. The number of nitrogens with zero attached hydrogens (tertiary/aromatic N) is 2. The average Bonchev–Trinajstić information content (AvgIpc) is 2.67. The third kappa shape index (κ3) is 3.94. The number of amides is 1. The first kappa shape index (κ1) is 17.8. The minimum absolute atomic E-state index is 0.126. The number of nitrogens with one attached hydrogen (secondary N) is 1. The molecule has 1 amide bonds. The second-order valence-electron chi connectivity index (χ2n) is 6.26. The first-order valence-electron chi connectivity index (χ1n) is 8.48. The molecule has 0 bridgehead atoms. The molecule has 0 radical (unpaired) electrons. The van der Waals surface area contributed by atoms with Gasteiger partial charge in [0.1, 0.15) is 5.56 Å². The predicted octanol–water partition coefficient (Wildman–Crippen LogP) is 2.91. The van der Waals surface area contributed by atoms with Gasteiger partial charge >= 0.3 is 0 Å². The Morgan fingerprint density at radius 2 is 2.04 bits per heavy atom. The van der Waals surface area contributed by atoms with Crippen LogP contribution in [-0.2, 0) is 0 Å². The Hall–Kier alpha value is -3.06. The molecule has 0 unspecified atom stereocenters. The van der Waals surface area contributed by atoms with E-state index >= 15 is 0 Å². The third-order valence-electron chi connectivity index (χ3n) is 4.53. The van der Waals surface area contributed by atoms with Gasteiger partial charge in [-0.15, -0.1) is 0 Å². The molecule has 3 rings (SSSR count). The van der Waals surface area contributed by atoms with E-state index in [2.05, 4.69) is 10.3 Å². The van der Waals surface area contributed by atoms with Crippen LogP contribution >= 0.6 is 0 Å². The van der Waals surface area contributed by atoms with Gasteiger partial charge in [-0.05, 0) is 55.1 Å². The lowest BCUT2D eigenvalue weighted by molar-refractivity contribution is -0.385. The Morgan fingerprint density at radius 1 is 1.27 bits per heavy atom. The molecule has 1 fully saturated rings. The molecule has 1 aliphatic heterocycles. The zero-order valence-corrected chi connectivity index (χ0v) is 14.2. The topological polar surface area (TPSA) is 111 Å². The van der Waals surface area contributed by atoms with Crippen LogP contribution in [0.1, 0.15) is 40.2 Å². The summed E-state index contributed by atoms with van der Waals surface area (Å²) in [7, 11) is 0. The maximum atomic E-state index is 11.4. The molecule has 0 saturated carbocycles. The number of benzene rings is 2. The molecular formula is C19H20N4O3. The fourth-order valence-electron chi connectivity index (χ4n) is 3.18. The Morgan fingerprint density at radius 3 is 2.65 bits per heavy atom. The first-order valence-corrected chi connectivity index (χ1v) is 8.48. The van der Waals surface area contributed by atoms with Crippen LogP contribution in [-0.4, -0.2) is 30.1 Å². The first-order chi connectivity index (χ1) is 12.6. The van der Waals surface area contributed by atoms with E-state index in [1.54, 1.807) is 6.07 Å². The normalized spacial score (nSPS) is 17.3. The van der Waals surface area contributed by atoms with Crippen LogP contribution in [0.5, 0.6) is 0 Å². The van der Waals surface area contributed by atoms with E-state index in [-0.39, 0.29) is 16.8 Å². The Kier molecular flexibility index (Phi) is 5.38. The van der Waals surface area contributed by atoms with E-state index in [0.717, 1.165) is 13.1 Å². The summed E-state index contributed by atoms with van der Waals surface area (Å²) in [4.78, 5) is 26.4. The molecule has 0 aromatic heterocycles. The lowest BCUT2D eigenvalue weighted by atomic mass is 9.92. The molecule has 1 heterocycles. The predicted molar refractivity (Wildman–Crippen MR) is 100 cm³/mol. The minimum Gasteiger partial charge on any atom is -0.365 e. The molecule has 0 aliphatic carbocycles. The summed E-state index contributed by atoms with van der Waals surface area (Å²) in [5.41, 5.74) is 6.97. The zero-order chi connectivity index (χ0) is 18.5. The Labute approximate surface area is 151 Å². The number of nitro groups is 1. The van der Waals surface area contributed by atoms with E-state index in [1.165, 1.54) is 36.8 Å². The summed E-state index contributed by atoms with van der Waals surface area (Å²) in [6.07, 6.45) is 3.73. The van der Waals surface area contributed by atoms with Crippen molar-refractivity contribution in [3.8, 4) is 0 Å². The van der Waals surface area contributed by atoms with E-state index in [0.29, 0.717) is 11.6 Å². The minimum atomic E-state index is -0.836. The van der Waals surface area contributed by atoms with Gasteiger partial charge < -0.3 is 11.1 Å². The van der Waals surface area contributed by atoms with Gasteiger partial charge in [-0.25, -0.2) is 0 Å². The molecule has 26 heavy (non-hydrogen) atoms. The van der Waals surface area contributed by atoms with Crippen LogP contribution in [0, 0.1) is 10.1 Å². The molecule has 0 spiro atoms. The number of rotatable bonds is 5. The van der Waals surface area contributed by atoms with Crippen LogP contribution in [0.25, 0.3) is 0 Å². The Balaban J connectivity index is 1.82. The second kappa shape index (κ2) is 7.88. The SMILES string of the molecule is NC(=O)c1cccc(C=Nc2ccc([C@@H]3CCCNC3)cc2)c1[N+](=O)[O-]. The van der Waals surface area contributed by atoms with Crippen molar-refractivity contribution in [2.75, 3.05) is 13.1 Å². The van der Waals surface area contributed by atoms with Crippen LogP contribution in [0.3, 0.4) is 0 Å². The van der Waals surface area contributed by atoms with Crippen LogP contribution in [0.15, 0.2) is 47.5 Å².